The molecule has 23 heavy (non-hydrogen) atoms. The normalized spacial score (nSPS) is 12.2. The molecule has 0 radical (unpaired) electrons. The number of aromatic nitrogens is 3. The summed E-state index contributed by atoms with van der Waals surface area (Å²) in [5.74, 6) is 0.877. The van der Waals surface area contributed by atoms with E-state index in [0.29, 0.717) is 13.1 Å². The molecule has 126 valence electrons. The summed E-state index contributed by atoms with van der Waals surface area (Å²) in [4.78, 5) is 24.4. The van der Waals surface area contributed by atoms with Crippen LogP contribution >= 0.6 is 11.3 Å². The number of nitrogens with zero attached hydrogens (tertiary/aromatic N) is 4. The molecular weight excluding hydrogens is 310 g/mol. The summed E-state index contributed by atoms with van der Waals surface area (Å²) in [7, 11) is 1.94. The smallest absolute Gasteiger partial charge is 0.318 e. The number of carbonyl (C=O) groups is 1. The van der Waals surface area contributed by atoms with Gasteiger partial charge < -0.3 is 14.8 Å². The van der Waals surface area contributed by atoms with E-state index >= 15 is 0 Å². The van der Waals surface area contributed by atoms with Gasteiger partial charge in [-0.05, 0) is 27.2 Å². The van der Waals surface area contributed by atoms with Crippen LogP contribution in [0.25, 0.3) is 0 Å². The van der Waals surface area contributed by atoms with Crippen LogP contribution in [0.15, 0.2) is 12.4 Å². The van der Waals surface area contributed by atoms with E-state index in [1.54, 1.807) is 22.4 Å². The van der Waals surface area contributed by atoms with Crippen molar-refractivity contribution in [3.8, 4) is 0 Å². The van der Waals surface area contributed by atoms with Crippen molar-refractivity contribution in [2.24, 2.45) is 7.05 Å². The molecule has 1 atom stereocenters. The summed E-state index contributed by atoms with van der Waals surface area (Å²) in [6, 6.07) is -0.180. The summed E-state index contributed by atoms with van der Waals surface area (Å²) < 4.78 is 1.94. The third-order valence-electron chi connectivity index (χ3n) is 3.72. The molecule has 2 amide bonds. The quantitative estimate of drug-likeness (QED) is 0.882. The fourth-order valence-corrected chi connectivity index (χ4v) is 3.45. The molecule has 2 aromatic heterocycles. The summed E-state index contributed by atoms with van der Waals surface area (Å²) in [6.45, 7) is 9.27. The molecule has 0 aromatic carbocycles. The Morgan fingerprint density at radius 3 is 2.74 bits per heavy atom. The van der Waals surface area contributed by atoms with E-state index in [0.717, 1.165) is 27.8 Å². The van der Waals surface area contributed by atoms with Crippen LogP contribution in [0.1, 0.15) is 47.7 Å². The van der Waals surface area contributed by atoms with Crippen LogP contribution < -0.4 is 5.32 Å². The largest absolute Gasteiger partial charge is 0.337 e. The number of nitrogens with one attached hydrogen (secondary N) is 1. The van der Waals surface area contributed by atoms with Crippen molar-refractivity contribution in [1.29, 1.82) is 0 Å². The fraction of sp³-hybridized carbons (Fsp3) is 0.562. The minimum absolute atomic E-state index is 0.0765. The van der Waals surface area contributed by atoms with Crippen LogP contribution in [-0.4, -0.2) is 32.0 Å². The lowest BCUT2D eigenvalue weighted by Crippen LogP contribution is -2.41. The molecule has 6 nitrogen and oxygen atoms in total. The highest BCUT2D eigenvalue weighted by Gasteiger charge is 2.20. The van der Waals surface area contributed by atoms with E-state index in [2.05, 4.69) is 22.2 Å². The van der Waals surface area contributed by atoms with E-state index in [1.807, 2.05) is 38.6 Å². The second kappa shape index (κ2) is 7.59. The summed E-state index contributed by atoms with van der Waals surface area (Å²) >= 11 is 1.66. The number of imidazole rings is 1. The Bertz CT molecular complexity index is 663. The van der Waals surface area contributed by atoms with Crippen LogP contribution in [0.4, 0.5) is 4.79 Å². The van der Waals surface area contributed by atoms with Gasteiger partial charge in [0.2, 0.25) is 0 Å². The minimum Gasteiger partial charge on any atom is -0.337 e. The highest BCUT2D eigenvalue weighted by Crippen LogP contribution is 2.22. The van der Waals surface area contributed by atoms with Gasteiger partial charge in [-0.1, -0.05) is 6.92 Å². The molecule has 0 aliphatic carbocycles. The summed E-state index contributed by atoms with van der Waals surface area (Å²) in [5, 5.41) is 4.09. The van der Waals surface area contributed by atoms with Crippen molar-refractivity contribution in [3.63, 3.8) is 0 Å². The molecule has 0 spiro atoms. The number of thiazole rings is 1. The van der Waals surface area contributed by atoms with Crippen molar-refractivity contribution in [2.45, 2.75) is 46.7 Å². The maximum Gasteiger partial charge on any atom is 0.318 e. The molecule has 1 N–H and O–H groups in total. The predicted molar refractivity (Wildman–Crippen MR) is 92.4 cm³/mol. The Hall–Kier alpha value is -1.89. The van der Waals surface area contributed by atoms with Gasteiger partial charge in [0, 0.05) is 30.9 Å². The minimum atomic E-state index is -0.104. The molecule has 2 aromatic rings. The molecular formula is C16H25N5OS. The lowest BCUT2D eigenvalue weighted by molar-refractivity contribution is 0.189. The number of urea groups is 1. The first-order chi connectivity index (χ1) is 10.9. The first kappa shape index (κ1) is 17.5. The van der Waals surface area contributed by atoms with Crippen LogP contribution in [-0.2, 0) is 13.6 Å². The lowest BCUT2D eigenvalue weighted by Gasteiger charge is -2.24. The van der Waals surface area contributed by atoms with E-state index in [-0.39, 0.29) is 12.1 Å². The number of hydrogen-bond acceptors (Lipinski definition) is 4. The van der Waals surface area contributed by atoms with Crippen molar-refractivity contribution in [1.82, 2.24) is 24.8 Å². The number of aryl methyl sites for hydroxylation is 3. The average molecular weight is 335 g/mol. The third-order valence-corrected chi connectivity index (χ3v) is 4.63. The second-order valence-corrected chi connectivity index (χ2v) is 7.13. The maximum absolute atomic E-state index is 12.6. The summed E-state index contributed by atoms with van der Waals surface area (Å²) in [6.07, 6.45) is 4.55. The molecule has 0 aliphatic rings. The number of amides is 2. The fourth-order valence-electron chi connectivity index (χ4n) is 2.53. The van der Waals surface area contributed by atoms with Gasteiger partial charge in [-0.25, -0.2) is 14.8 Å². The number of rotatable bonds is 6. The van der Waals surface area contributed by atoms with Gasteiger partial charge in [-0.15, -0.1) is 11.3 Å². The van der Waals surface area contributed by atoms with Crippen LogP contribution in [0.2, 0.25) is 0 Å². The zero-order chi connectivity index (χ0) is 17.0. The van der Waals surface area contributed by atoms with Gasteiger partial charge in [0.05, 0.1) is 23.3 Å². The van der Waals surface area contributed by atoms with Gasteiger partial charge in [0.15, 0.2) is 0 Å². The number of carbonyl (C=O) groups excluding carboxylic acids is 1. The Morgan fingerprint density at radius 1 is 1.48 bits per heavy atom. The molecule has 0 aliphatic heterocycles. The Balaban J connectivity index is 2.05. The van der Waals surface area contributed by atoms with Gasteiger partial charge in [-0.3, -0.25) is 0 Å². The molecule has 1 unspecified atom stereocenters. The molecule has 0 bridgehead atoms. The van der Waals surface area contributed by atoms with Crippen molar-refractivity contribution in [2.75, 3.05) is 6.54 Å². The number of hydrogen-bond donors (Lipinski definition) is 1. The van der Waals surface area contributed by atoms with Gasteiger partial charge >= 0.3 is 6.03 Å². The Labute approximate surface area is 141 Å². The highest BCUT2D eigenvalue weighted by atomic mass is 32.1. The Kier molecular flexibility index (Phi) is 5.76. The topological polar surface area (TPSA) is 63.1 Å². The molecule has 2 rings (SSSR count). The predicted octanol–water partition coefficient (Wildman–Crippen LogP) is 3.18. The van der Waals surface area contributed by atoms with E-state index in [1.165, 1.54) is 0 Å². The molecule has 0 saturated heterocycles. The lowest BCUT2D eigenvalue weighted by atomic mass is 10.2. The monoisotopic (exact) mass is 335 g/mol. The van der Waals surface area contributed by atoms with E-state index in [4.69, 9.17) is 0 Å². The van der Waals surface area contributed by atoms with Gasteiger partial charge in [0.25, 0.3) is 0 Å². The average Bonchev–Trinajstić information content (AvgIpc) is 3.04. The van der Waals surface area contributed by atoms with Crippen LogP contribution in [0.3, 0.4) is 0 Å². The molecule has 7 heteroatoms. The van der Waals surface area contributed by atoms with E-state index < -0.39 is 0 Å². The first-order valence-electron chi connectivity index (χ1n) is 7.88. The Morgan fingerprint density at radius 2 is 2.22 bits per heavy atom. The van der Waals surface area contributed by atoms with Crippen molar-refractivity contribution in [3.05, 3.63) is 33.8 Å². The highest BCUT2D eigenvalue weighted by molar-refractivity contribution is 7.11. The molecule has 2 heterocycles. The molecule has 0 fully saturated rings. The van der Waals surface area contributed by atoms with Crippen LogP contribution in [0, 0.1) is 13.8 Å². The van der Waals surface area contributed by atoms with Crippen molar-refractivity contribution < 1.29 is 4.79 Å². The van der Waals surface area contributed by atoms with E-state index in [9.17, 15) is 4.79 Å². The van der Waals surface area contributed by atoms with Gasteiger partial charge in [-0.2, -0.15) is 0 Å². The third kappa shape index (κ3) is 4.31. The first-order valence-corrected chi connectivity index (χ1v) is 8.69. The molecule has 0 saturated carbocycles. The zero-order valence-corrected chi connectivity index (χ0v) is 15.3. The van der Waals surface area contributed by atoms with Gasteiger partial charge in [0.1, 0.15) is 5.82 Å². The standard InChI is InChI=1S/C16H25N5OS/c1-6-8-21(10-14-17-7-9-20(14)5)16(22)18-11(2)15-12(3)23-13(4)19-15/h7,9,11H,6,8,10H2,1-5H3,(H,18,22). The summed E-state index contributed by atoms with van der Waals surface area (Å²) in [5.41, 5.74) is 0.953. The second-order valence-electron chi connectivity index (χ2n) is 5.72. The zero-order valence-electron chi connectivity index (χ0n) is 14.5. The van der Waals surface area contributed by atoms with Crippen molar-refractivity contribution >= 4 is 17.4 Å². The SMILES string of the molecule is CCCN(Cc1nccn1C)C(=O)NC(C)c1nc(C)sc1C. The maximum atomic E-state index is 12.6. The van der Waals surface area contributed by atoms with Crippen LogP contribution in [0.5, 0.6) is 0 Å².